The number of ether oxygens (including phenoxy) is 1. The number of rotatable bonds is 9. The number of nitrogens with zero attached hydrogens (tertiary/aromatic N) is 3. The molecule has 0 aliphatic carbocycles. The Bertz CT molecular complexity index is 1090. The van der Waals surface area contributed by atoms with Gasteiger partial charge in [-0.3, -0.25) is 4.79 Å². The van der Waals surface area contributed by atoms with Gasteiger partial charge in [-0.05, 0) is 67.7 Å². The number of piperidine rings is 1. The predicted molar refractivity (Wildman–Crippen MR) is 124 cm³/mol. The zero-order chi connectivity index (χ0) is 23.9. The Balaban J connectivity index is 1.31. The highest BCUT2D eigenvalue weighted by Crippen LogP contribution is 2.24. The van der Waals surface area contributed by atoms with Crippen molar-refractivity contribution in [1.29, 1.82) is 0 Å². The Morgan fingerprint density at radius 2 is 1.79 bits per heavy atom. The van der Waals surface area contributed by atoms with Crippen molar-refractivity contribution >= 4 is 17.6 Å². The van der Waals surface area contributed by atoms with Crippen LogP contribution in [-0.4, -0.2) is 52.2 Å². The van der Waals surface area contributed by atoms with Gasteiger partial charge in [0.25, 0.3) is 0 Å². The second kappa shape index (κ2) is 11.0. The molecule has 1 fully saturated rings. The fourth-order valence-corrected chi connectivity index (χ4v) is 3.99. The topological polar surface area (TPSA) is 87.6 Å². The van der Waals surface area contributed by atoms with Gasteiger partial charge < -0.3 is 20.1 Å². The maximum atomic E-state index is 12.3. The summed E-state index contributed by atoms with van der Waals surface area (Å²) >= 11 is 0. The number of halogens is 2. The van der Waals surface area contributed by atoms with Crippen molar-refractivity contribution < 1.29 is 23.4 Å². The van der Waals surface area contributed by atoms with Gasteiger partial charge in [0.2, 0.25) is 5.95 Å². The van der Waals surface area contributed by atoms with Gasteiger partial charge in [-0.25, -0.2) is 9.97 Å². The Morgan fingerprint density at radius 3 is 2.44 bits per heavy atom. The first-order valence-corrected chi connectivity index (χ1v) is 11.1. The summed E-state index contributed by atoms with van der Waals surface area (Å²) in [4.78, 5) is 22.1. The molecule has 0 radical (unpaired) electrons. The molecule has 0 spiro atoms. The summed E-state index contributed by atoms with van der Waals surface area (Å²) in [6.07, 6.45) is 5.62. The standard InChI is InChI=1S/C25H26F2N4O3/c26-24(27)34-22-6-4-18(5-7-22)20-15-28-25(29-16-20)30-21-3-1-2-17(14-21)8-11-31-12-9-19(10-13-31)23(32)33/h1-7,14-16,19,24H,8-13H2,(H,32,33)(H,28,29,30). The molecule has 178 valence electrons. The molecule has 34 heavy (non-hydrogen) atoms. The normalized spacial score (nSPS) is 14.8. The van der Waals surface area contributed by atoms with E-state index < -0.39 is 12.6 Å². The minimum Gasteiger partial charge on any atom is -0.481 e. The lowest BCUT2D eigenvalue weighted by Crippen LogP contribution is -2.37. The van der Waals surface area contributed by atoms with E-state index in [-0.39, 0.29) is 11.7 Å². The van der Waals surface area contributed by atoms with Crippen LogP contribution in [0.3, 0.4) is 0 Å². The zero-order valence-corrected chi connectivity index (χ0v) is 18.5. The van der Waals surface area contributed by atoms with Crippen LogP contribution in [0.5, 0.6) is 5.75 Å². The van der Waals surface area contributed by atoms with Crippen molar-refractivity contribution in [2.24, 2.45) is 5.92 Å². The van der Waals surface area contributed by atoms with E-state index in [0.717, 1.165) is 42.9 Å². The van der Waals surface area contributed by atoms with Gasteiger partial charge in [0.15, 0.2) is 0 Å². The SMILES string of the molecule is O=C(O)C1CCN(CCc2cccc(Nc3ncc(-c4ccc(OC(F)F)cc4)cn3)c2)CC1. The highest BCUT2D eigenvalue weighted by molar-refractivity contribution is 5.70. The Hall–Kier alpha value is -3.59. The van der Waals surface area contributed by atoms with Crippen LogP contribution in [0.4, 0.5) is 20.4 Å². The molecule has 9 heteroatoms. The summed E-state index contributed by atoms with van der Waals surface area (Å²) in [7, 11) is 0. The van der Waals surface area contributed by atoms with E-state index in [2.05, 4.69) is 37.1 Å². The van der Waals surface area contributed by atoms with Crippen molar-refractivity contribution in [3.63, 3.8) is 0 Å². The highest BCUT2D eigenvalue weighted by Gasteiger charge is 2.24. The Labute approximate surface area is 196 Å². The lowest BCUT2D eigenvalue weighted by atomic mass is 9.97. The molecule has 0 saturated carbocycles. The monoisotopic (exact) mass is 468 g/mol. The Kier molecular flexibility index (Phi) is 7.64. The first kappa shape index (κ1) is 23.6. The van der Waals surface area contributed by atoms with Crippen molar-refractivity contribution in [3.8, 4) is 16.9 Å². The lowest BCUT2D eigenvalue weighted by Gasteiger charge is -2.29. The fraction of sp³-hybridized carbons (Fsp3) is 0.320. The number of likely N-dealkylation sites (tertiary alicyclic amines) is 1. The molecule has 0 bridgehead atoms. The lowest BCUT2D eigenvalue weighted by molar-refractivity contribution is -0.143. The zero-order valence-electron chi connectivity index (χ0n) is 18.5. The molecule has 4 rings (SSSR count). The van der Waals surface area contributed by atoms with E-state index in [1.165, 1.54) is 17.7 Å². The quantitative estimate of drug-likeness (QED) is 0.465. The van der Waals surface area contributed by atoms with Crippen LogP contribution < -0.4 is 10.1 Å². The second-order valence-electron chi connectivity index (χ2n) is 8.23. The third-order valence-electron chi connectivity index (χ3n) is 5.90. The van der Waals surface area contributed by atoms with Gasteiger partial charge in [-0.15, -0.1) is 0 Å². The van der Waals surface area contributed by atoms with E-state index in [4.69, 9.17) is 5.11 Å². The molecule has 2 N–H and O–H groups in total. The molecule has 0 unspecified atom stereocenters. The average Bonchev–Trinajstić information content (AvgIpc) is 2.84. The second-order valence-corrected chi connectivity index (χ2v) is 8.23. The van der Waals surface area contributed by atoms with E-state index in [9.17, 15) is 13.6 Å². The van der Waals surface area contributed by atoms with Gasteiger partial charge in [0.1, 0.15) is 5.75 Å². The van der Waals surface area contributed by atoms with Crippen molar-refractivity contribution in [2.75, 3.05) is 25.0 Å². The van der Waals surface area contributed by atoms with Crippen LogP contribution in [0.15, 0.2) is 60.9 Å². The smallest absolute Gasteiger partial charge is 0.387 e. The van der Waals surface area contributed by atoms with Crippen LogP contribution in [-0.2, 0) is 11.2 Å². The highest BCUT2D eigenvalue weighted by atomic mass is 19.3. The first-order valence-electron chi connectivity index (χ1n) is 11.1. The number of nitrogens with one attached hydrogen (secondary N) is 1. The number of hydrogen-bond donors (Lipinski definition) is 2. The van der Waals surface area contributed by atoms with Gasteiger partial charge >= 0.3 is 12.6 Å². The number of anilines is 2. The molecule has 2 heterocycles. The molecular weight excluding hydrogens is 442 g/mol. The van der Waals surface area contributed by atoms with E-state index in [1.54, 1.807) is 24.5 Å². The van der Waals surface area contributed by atoms with Crippen molar-refractivity contribution in [1.82, 2.24) is 14.9 Å². The number of carboxylic acid groups (broad SMARTS) is 1. The van der Waals surface area contributed by atoms with E-state index in [1.807, 2.05) is 12.1 Å². The third-order valence-corrected chi connectivity index (χ3v) is 5.90. The van der Waals surface area contributed by atoms with E-state index in [0.29, 0.717) is 18.8 Å². The number of carboxylic acids is 1. The summed E-state index contributed by atoms with van der Waals surface area (Å²) in [5, 5.41) is 12.3. The third kappa shape index (κ3) is 6.48. The van der Waals surface area contributed by atoms with Crippen LogP contribution in [0.2, 0.25) is 0 Å². The summed E-state index contributed by atoms with van der Waals surface area (Å²) in [5.74, 6) is -0.350. The minimum atomic E-state index is -2.85. The molecule has 0 amide bonds. The van der Waals surface area contributed by atoms with E-state index >= 15 is 0 Å². The molecule has 7 nitrogen and oxygen atoms in total. The Morgan fingerprint density at radius 1 is 1.09 bits per heavy atom. The fourth-order valence-electron chi connectivity index (χ4n) is 3.99. The summed E-state index contributed by atoms with van der Waals surface area (Å²) in [6, 6.07) is 14.4. The van der Waals surface area contributed by atoms with Crippen LogP contribution in [0.25, 0.3) is 11.1 Å². The predicted octanol–water partition coefficient (Wildman–Crippen LogP) is 4.83. The molecule has 1 aromatic heterocycles. The number of hydrogen-bond acceptors (Lipinski definition) is 6. The number of aliphatic carboxylic acids is 1. The minimum absolute atomic E-state index is 0.0996. The molecule has 1 saturated heterocycles. The van der Waals surface area contributed by atoms with Crippen LogP contribution >= 0.6 is 0 Å². The molecule has 1 aliphatic heterocycles. The molecular formula is C25H26F2N4O3. The maximum Gasteiger partial charge on any atom is 0.387 e. The van der Waals surface area contributed by atoms with Gasteiger partial charge in [0.05, 0.1) is 5.92 Å². The van der Waals surface area contributed by atoms with Crippen LogP contribution in [0.1, 0.15) is 18.4 Å². The van der Waals surface area contributed by atoms with Gasteiger partial charge in [-0.2, -0.15) is 8.78 Å². The molecule has 3 aromatic rings. The molecule has 1 aliphatic rings. The number of alkyl halides is 2. The summed E-state index contributed by atoms with van der Waals surface area (Å²) in [6.45, 7) is -0.328. The summed E-state index contributed by atoms with van der Waals surface area (Å²) < 4.78 is 28.9. The first-order chi connectivity index (χ1) is 16.5. The molecule has 2 aromatic carbocycles. The van der Waals surface area contributed by atoms with Crippen molar-refractivity contribution in [3.05, 3.63) is 66.5 Å². The number of benzene rings is 2. The number of aromatic nitrogens is 2. The van der Waals surface area contributed by atoms with Gasteiger partial charge in [-0.1, -0.05) is 24.3 Å². The van der Waals surface area contributed by atoms with Gasteiger partial charge in [0, 0.05) is 30.2 Å². The van der Waals surface area contributed by atoms with Crippen molar-refractivity contribution in [2.45, 2.75) is 25.9 Å². The average molecular weight is 469 g/mol. The molecule has 0 atom stereocenters. The van der Waals surface area contributed by atoms with Crippen LogP contribution in [0, 0.1) is 5.92 Å². The summed E-state index contributed by atoms with van der Waals surface area (Å²) in [5.41, 5.74) is 3.61. The largest absolute Gasteiger partial charge is 0.481 e. The number of carbonyl (C=O) groups is 1. The maximum absolute atomic E-state index is 12.3.